The topological polar surface area (TPSA) is 86.8 Å². The molecule has 6 rings (SSSR count). The van der Waals surface area contributed by atoms with Crippen LogP contribution in [-0.4, -0.2) is 68.5 Å². The number of rotatable bonds is 6. The number of nitrogens with one attached hydrogen (secondary N) is 1. The van der Waals surface area contributed by atoms with Crippen LogP contribution >= 0.6 is 0 Å². The molecule has 0 atom stereocenters. The van der Waals surface area contributed by atoms with Gasteiger partial charge in [-0.15, -0.1) is 0 Å². The average molecular weight is 496 g/mol. The van der Waals surface area contributed by atoms with Gasteiger partial charge >= 0.3 is 5.76 Å². The van der Waals surface area contributed by atoms with Crippen LogP contribution in [0.5, 0.6) is 0 Å². The van der Waals surface area contributed by atoms with E-state index in [4.69, 9.17) is 0 Å². The van der Waals surface area contributed by atoms with Crippen molar-refractivity contribution in [2.75, 3.05) is 38.0 Å². The van der Waals surface area contributed by atoms with Crippen LogP contribution < -0.4 is 5.32 Å². The normalized spacial score (nSPS) is 31.1. The number of hydrogen-bond acceptors (Lipinski definition) is 5. The zero-order valence-electron chi connectivity index (χ0n) is 19.1. The van der Waals surface area contributed by atoms with Gasteiger partial charge < -0.3 is 10.2 Å². The van der Waals surface area contributed by atoms with Crippen molar-refractivity contribution in [1.29, 1.82) is 0 Å². The molecule has 1 saturated heterocycles. The highest BCUT2D eigenvalue weighted by Crippen LogP contribution is 2.60. The standard InChI is InChI=1S/C24H31F2N3O4S/c25-23(26)34(32,33)20-3-1-19(2-4-20)27-21(30)15-28-5-7-29(8-6-28)22(31)24-12-16-9-17(13-24)11-18(10-16)14-24/h1-4,16-18,23H,5-15H2,(H,27,30). The molecule has 2 amide bonds. The lowest BCUT2D eigenvalue weighted by Crippen LogP contribution is -2.58. The lowest BCUT2D eigenvalue weighted by molar-refractivity contribution is -0.159. The molecule has 1 N–H and O–H groups in total. The fourth-order valence-corrected chi connectivity index (χ4v) is 7.77. The average Bonchev–Trinajstić information content (AvgIpc) is 2.78. The molecule has 186 valence electrons. The van der Waals surface area contributed by atoms with Gasteiger partial charge in [0.25, 0.3) is 0 Å². The number of hydrogen-bond donors (Lipinski definition) is 1. The molecule has 5 aliphatic rings. The molecule has 0 aromatic heterocycles. The number of sulfone groups is 1. The second kappa shape index (κ2) is 8.86. The molecule has 1 aromatic rings. The summed E-state index contributed by atoms with van der Waals surface area (Å²) in [5.41, 5.74) is 0.201. The van der Waals surface area contributed by atoms with Gasteiger partial charge in [-0.25, -0.2) is 8.42 Å². The van der Waals surface area contributed by atoms with E-state index in [2.05, 4.69) is 5.32 Å². The van der Waals surface area contributed by atoms with Crippen molar-refractivity contribution in [2.45, 2.75) is 49.2 Å². The molecule has 7 nitrogen and oxygen atoms in total. The first-order valence-corrected chi connectivity index (χ1v) is 13.6. The number of halogens is 2. The van der Waals surface area contributed by atoms with Gasteiger partial charge in [0.2, 0.25) is 21.7 Å². The van der Waals surface area contributed by atoms with Crippen molar-refractivity contribution in [3.63, 3.8) is 0 Å². The Morgan fingerprint density at radius 1 is 0.941 bits per heavy atom. The van der Waals surface area contributed by atoms with Crippen molar-refractivity contribution in [3.05, 3.63) is 24.3 Å². The van der Waals surface area contributed by atoms with E-state index in [0.29, 0.717) is 37.8 Å². The fraction of sp³-hybridized carbons (Fsp3) is 0.667. The first-order chi connectivity index (χ1) is 16.1. The van der Waals surface area contributed by atoms with E-state index in [1.807, 2.05) is 9.80 Å². The molecular weight excluding hydrogens is 464 g/mol. The van der Waals surface area contributed by atoms with Crippen LogP contribution in [0.3, 0.4) is 0 Å². The Kier molecular flexibility index (Phi) is 6.16. The van der Waals surface area contributed by atoms with Gasteiger partial charge in [0.05, 0.1) is 16.9 Å². The van der Waals surface area contributed by atoms with Crippen molar-refractivity contribution in [1.82, 2.24) is 9.80 Å². The number of carbonyl (C=O) groups is 2. The SMILES string of the molecule is O=C(CN1CCN(C(=O)C23CC4CC(CC(C4)C2)C3)CC1)Nc1ccc(S(=O)(=O)C(F)F)cc1. The maximum atomic E-state index is 13.5. The fourth-order valence-electron chi connectivity index (χ4n) is 7.05. The van der Waals surface area contributed by atoms with Crippen LogP contribution in [0.25, 0.3) is 0 Å². The quantitative estimate of drug-likeness (QED) is 0.656. The largest absolute Gasteiger partial charge is 0.341 e. The highest BCUT2D eigenvalue weighted by molar-refractivity contribution is 7.91. The lowest BCUT2D eigenvalue weighted by Gasteiger charge is -2.57. The Labute approximate surface area is 198 Å². The molecule has 0 spiro atoms. The van der Waals surface area contributed by atoms with E-state index < -0.39 is 20.5 Å². The molecule has 1 aliphatic heterocycles. The van der Waals surface area contributed by atoms with Gasteiger partial charge in [-0.05, 0) is 80.5 Å². The summed E-state index contributed by atoms with van der Waals surface area (Å²) in [6.45, 7) is 2.63. The summed E-state index contributed by atoms with van der Waals surface area (Å²) in [7, 11) is -4.66. The van der Waals surface area contributed by atoms with Crippen molar-refractivity contribution < 1.29 is 26.8 Å². The summed E-state index contributed by atoms with van der Waals surface area (Å²) in [5.74, 6) is -1.25. The third kappa shape index (κ3) is 4.46. The predicted molar refractivity (Wildman–Crippen MR) is 122 cm³/mol. The van der Waals surface area contributed by atoms with E-state index in [-0.39, 0.29) is 17.9 Å². The molecule has 1 aromatic carbocycles. The van der Waals surface area contributed by atoms with Crippen LogP contribution in [0.2, 0.25) is 0 Å². The summed E-state index contributed by atoms with van der Waals surface area (Å²) in [5, 5.41) is 2.68. The second-order valence-corrected chi connectivity index (χ2v) is 12.6. The van der Waals surface area contributed by atoms with Gasteiger partial charge in [0.1, 0.15) is 0 Å². The summed E-state index contributed by atoms with van der Waals surface area (Å²) in [4.78, 5) is 29.5. The lowest BCUT2D eigenvalue weighted by atomic mass is 9.49. The summed E-state index contributed by atoms with van der Waals surface area (Å²) < 4.78 is 48.3. The van der Waals surface area contributed by atoms with Crippen LogP contribution in [0, 0.1) is 23.2 Å². The molecule has 34 heavy (non-hydrogen) atoms. The van der Waals surface area contributed by atoms with Crippen LogP contribution in [0.1, 0.15) is 38.5 Å². The molecule has 4 saturated carbocycles. The van der Waals surface area contributed by atoms with Gasteiger partial charge in [-0.1, -0.05) is 0 Å². The Balaban J connectivity index is 1.11. The monoisotopic (exact) mass is 495 g/mol. The highest BCUT2D eigenvalue weighted by Gasteiger charge is 2.55. The van der Waals surface area contributed by atoms with Gasteiger partial charge in [0, 0.05) is 31.9 Å². The van der Waals surface area contributed by atoms with Crippen LogP contribution in [0.15, 0.2) is 29.2 Å². The number of piperazine rings is 1. The van der Waals surface area contributed by atoms with Crippen molar-refractivity contribution >= 4 is 27.3 Å². The molecule has 0 unspecified atom stereocenters. The number of nitrogens with zero attached hydrogens (tertiary/aromatic N) is 2. The Morgan fingerprint density at radius 2 is 1.47 bits per heavy atom. The number of amides is 2. The van der Waals surface area contributed by atoms with Crippen LogP contribution in [-0.2, 0) is 19.4 Å². The highest BCUT2D eigenvalue weighted by atomic mass is 32.2. The van der Waals surface area contributed by atoms with Gasteiger partial charge in [-0.2, -0.15) is 8.78 Å². The van der Waals surface area contributed by atoms with E-state index in [0.717, 1.165) is 49.1 Å². The molecule has 4 aliphatic carbocycles. The minimum atomic E-state index is -4.66. The third-order valence-corrected chi connectivity index (χ3v) is 9.62. The van der Waals surface area contributed by atoms with E-state index in [1.54, 1.807) is 0 Å². The van der Waals surface area contributed by atoms with E-state index >= 15 is 0 Å². The van der Waals surface area contributed by atoms with Gasteiger partial charge in [0.15, 0.2) is 0 Å². The van der Waals surface area contributed by atoms with Crippen molar-refractivity contribution in [2.24, 2.45) is 23.2 Å². The summed E-state index contributed by atoms with van der Waals surface area (Å²) >= 11 is 0. The Hall–Kier alpha value is -2.07. The first-order valence-electron chi connectivity index (χ1n) is 12.1. The van der Waals surface area contributed by atoms with Gasteiger partial charge in [-0.3, -0.25) is 14.5 Å². The Morgan fingerprint density at radius 3 is 1.97 bits per heavy atom. The summed E-state index contributed by atoms with van der Waals surface area (Å²) in [6, 6.07) is 4.72. The third-order valence-electron chi connectivity index (χ3n) is 8.22. The predicted octanol–water partition coefficient (Wildman–Crippen LogP) is 2.98. The second-order valence-electron chi connectivity index (χ2n) is 10.6. The Bertz CT molecular complexity index is 1020. The van der Waals surface area contributed by atoms with E-state index in [1.165, 1.54) is 31.4 Å². The van der Waals surface area contributed by atoms with Crippen LogP contribution in [0.4, 0.5) is 14.5 Å². The molecule has 5 fully saturated rings. The zero-order chi connectivity index (χ0) is 24.1. The minimum absolute atomic E-state index is 0.141. The summed E-state index contributed by atoms with van der Waals surface area (Å²) in [6.07, 6.45) is 7.08. The maximum Gasteiger partial charge on any atom is 0.341 e. The molecule has 1 heterocycles. The van der Waals surface area contributed by atoms with Crippen molar-refractivity contribution in [3.8, 4) is 0 Å². The number of anilines is 1. The van der Waals surface area contributed by atoms with E-state index in [9.17, 15) is 26.8 Å². The maximum absolute atomic E-state index is 13.5. The number of carbonyl (C=O) groups excluding carboxylic acids is 2. The molecule has 10 heteroatoms. The molecule has 0 radical (unpaired) electrons. The number of benzene rings is 1. The smallest absolute Gasteiger partial charge is 0.340 e. The zero-order valence-corrected chi connectivity index (χ0v) is 19.9. The molecular formula is C24H31F2N3O4S. The molecule has 4 bridgehead atoms. The minimum Gasteiger partial charge on any atom is -0.340 e. The number of alkyl halides is 2. The first kappa shape index (κ1) is 23.7.